The first-order valence-electron chi connectivity index (χ1n) is 10.3. The van der Waals surface area contributed by atoms with Gasteiger partial charge in [0, 0.05) is 33.3 Å². The van der Waals surface area contributed by atoms with Gasteiger partial charge in [0.25, 0.3) is 0 Å². The highest BCUT2D eigenvalue weighted by atomic mass is 16.5. The summed E-state index contributed by atoms with van der Waals surface area (Å²) in [6.45, 7) is 9.69. The molecule has 0 aromatic carbocycles. The van der Waals surface area contributed by atoms with E-state index < -0.39 is 0 Å². The number of morpholine rings is 1. The van der Waals surface area contributed by atoms with E-state index in [9.17, 15) is 0 Å². The number of hydrogen-bond donors (Lipinski definition) is 0. The molecule has 0 spiro atoms. The highest BCUT2D eigenvalue weighted by Gasteiger charge is 2.24. The van der Waals surface area contributed by atoms with Gasteiger partial charge in [-0.3, -0.25) is 0 Å². The standard InChI is InChI=1S/C21H31N5O2/c1-16(2)21-18(24-9-7-17(27-3)8-10-24)15-26(23-21)20-6-4-5-19(22-20)25-11-13-28-14-12-25/h4-6,15-17H,7-14H2,1-3H3. The van der Waals surface area contributed by atoms with E-state index in [1.807, 2.05) is 17.9 Å². The molecule has 4 heterocycles. The molecule has 2 aliphatic heterocycles. The smallest absolute Gasteiger partial charge is 0.155 e. The molecule has 2 aromatic rings. The number of anilines is 2. The number of pyridine rings is 1. The second-order valence-electron chi connectivity index (χ2n) is 7.87. The third kappa shape index (κ3) is 4.00. The minimum absolute atomic E-state index is 0.360. The van der Waals surface area contributed by atoms with Gasteiger partial charge in [0.15, 0.2) is 5.82 Å². The predicted octanol–water partition coefficient (Wildman–Crippen LogP) is 2.84. The van der Waals surface area contributed by atoms with Gasteiger partial charge in [-0.2, -0.15) is 5.10 Å². The Morgan fingerprint density at radius 3 is 2.43 bits per heavy atom. The van der Waals surface area contributed by atoms with Crippen LogP contribution in [0.15, 0.2) is 24.4 Å². The molecule has 0 unspecified atom stereocenters. The molecule has 0 saturated carbocycles. The maximum atomic E-state index is 5.53. The van der Waals surface area contributed by atoms with Crippen LogP contribution in [0.5, 0.6) is 0 Å². The first-order chi connectivity index (χ1) is 13.7. The topological polar surface area (TPSA) is 55.7 Å². The summed E-state index contributed by atoms with van der Waals surface area (Å²) in [5.41, 5.74) is 2.36. The van der Waals surface area contributed by atoms with Crippen LogP contribution in [-0.4, -0.2) is 67.4 Å². The second kappa shape index (κ2) is 8.49. The van der Waals surface area contributed by atoms with Gasteiger partial charge in [-0.05, 0) is 30.9 Å². The molecular formula is C21H31N5O2. The number of piperidine rings is 1. The van der Waals surface area contributed by atoms with Crippen LogP contribution in [0.3, 0.4) is 0 Å². The van der Waals surface area contributed by atoms with Gasteiger partial charge in [-0.15, -0.1) is 0 Å². The summed E-state index contributed by atoms with van der Waals surface area (Å²) in [6, 6.07) is 6.16. The lowest BCUT2D eigenvalue weighted by molar-refractivity contribution is 0.0819. The van der Waals surface area contributed by atoms with Crippen molar-refractivity contribution in [3.8, 4) is 5.82 Å². The van der Waals surface area contributed by atoms with Crippen LogP contribution >= 0.6 is 0 Å². The first kappa shape index (κ1) is 19.2. The molecule has 2 fully saturated rings. The second-order valence-corrected chi connectivity index (χ2v) is 7.87. The molecule has 0 atom stereocenters. The summed E-state index contributed by atoms with van der Waals surface area (Å²) in [5, 5.41) is 4.92. The molecule has 4 rings (SSSR count). The van der Waals surface area contributed by atoms with Gasteiger partial charge in [-0.1, -0.05) is 19.9 Å². The molecule has 0 amide bonds. The Labute approximate surface area is 167 Å². The highest BCUT2D eigenvalue weighted by Crippen LogP contribution is 2.30. The van der Waals surface area contributed by atoms with E-state index in [0.717, 1.165) is 69.6 Å². The number of aromatic nitrogens is 3. The summed E-state index contributed by atoms with van der Waals surface area (Å²) in [5.74, 6) is 2.22. The van der Waals surface area contributed by atoms with E-state index in [4.69, 9.17) is 19.6 Å². The molecule has 2 aliphatic rings. The van der Waals surface area contributed by atoms with Gasteiger partial charge in [0.2, 0.25) is 0 Å². The average Bonchev–Trinajstić information content (AvgIpc) is 3.20. The van der Waals surface area contributed by atoms with Gasteiger partial charge >= 0.3 is 0 Å². The molecule has 7 nitrogen and oxygen atoms in total. The molecule has 2 saturated heterocycles. The first-order valence-corrected chi connectivity index (χ1v) is 10.3. The Bertz CT molecular complexity index is 777. The molecule has 0 aliphatic carbocycles. The lowest BCUT2D eigenvalue weighted by Crippen LogP contribution is -2.37. The predicted molar refractivity (Wildman–Crippen MR) is 111 cm³/mol. The summed E-state index contributed by atoms with van der Waals surface area (Å²) in [4.78, 5) is 9.60. The zero-order valence-electron chi connectivity index (χ0n) is 17.2. The Morgan fingerprint density at radius 2 is 1.75 bits per heavy atom. The number of methoxy groups -OCH3 is 1. The van der Waals surface area contributed by atoms with E-state index in [1.54, 1.807) is 0 Å². The van der Waals surface area contributed by atoms with Crippen molar-refractivity contribution < 1.29 is 9.47 Å². The summed E-state index contributed by atoms with van der Waals surface area (Å²) in [7, 11) is 1.81. The number of nitrogens with zero attached hydrogens (tertiary/aromatic N) is 5. The quantitative estimate of drug-likeness (QED) is 0.789. The van der Waals surface area contributed by atoms with E-state index in [0.29, 0.717) is 12.0 Å². The van der Waals surface area contributed by atoms with Crippen molar-refractivity contribution in [2.45, 2.75) is 38.7 Å². The van der Waals surface area contributed by atoms with Crippen LogP contribution < -0.4 is 9.80 Å². The zero-order chi connectivity index (χ0) is 19.5. The Morgan fingerprint density at radius 1 is 1.04 bits per heavy atom. The van der Waals surface area contributed by atoms with Gasteiger partial charge in [0.1, 0.15) is 5.82 Å². The lowest BCUT2D eigenvalue weighted by atomic mass is 10.0. The molecule has 0 N–H and O–H groups in total. The molecule has 0 bridgehead atoms. The molecule has 7 heteroatoms. The van der Waals surface area contributed by atoms with E-state index in [1.165, 1.54) is 5.69 Å². The molecule has 0 radical (unpaired) electrons. The minimum atomic E-state index is 0.360. The summed E-state index contributed by atoms with van der Waals surface area (Å²) >= 11 is 0. The van der Waals surface area contributed by atoms with Crippen LogP contribution in [0.25, 0.3) is 5.82 Å². The monoisotopic (exact) mass is 385 g/mol. The molecular weight excluding hydrogens is 354 g/mol. The molecule has 152 valence electrons. The van der Waals surface area contributed by atoms with Gasteiger partial charge in [-0.25, -0.2) is 9.67 Å². The largest absolute Gasteiger partial charge is 0.381 e. The van der Waals surface area contributed by atoms with E-state index >= 15 is 0 Å². The Balaban J connectivity index is 1.60. The van der Waals surface area contributed by atoms with E-state index in [-0.39, 0.29) is 0 Å². The number of hydrogen-bond acceptors (Lipinski definition) is 6. The van der Waals surface area contributed by atoms with Crippen molar-refractivity contribution in [2.24, 2.45) is 0 Å². The van der Waals surface area contributed by atoms with Crippen LogP contribution in [-0.2, 0) is 9.47 Å². The fourth-order valence-electron chi connectivity index (χ4n) is 3.99. The minimum Gasteiger partial charge on any atom is -0.381 e. The van der Waals surface area contributed by atoms with Crippen LogP contribution in [0.1, 0.15) is 38.3 Å². The highest BCUT2D eigenvalue weighted by molar-refractivity contribution is 5.53. The van der Waals surface area contributed by atoms with Crippen molar-refractivity contribution in [2.75, 3.05) is 56.3 Å². The third-order valence-electron chi connectivity index (χ3n) is 5.67. The van der Waals surface area contributed by atoms with Crippen LogP contribution in [0, 0.1) is 0 Å². The SMILES string of the molecule is COC1CCN(c2cn(-c3cccc(N4CCOCC4)n3)nc2C(C)C)CC1. The van der Waals surface area contributed by atoms with Crippen molar-refractivity contribution >= 4 is 11.5 Å². The Kier molecular flexibility index (Phi) is 5.82. The summed E-state index contributed by atoms with van der Waals surface area (Å²) in [6.07, 6.45) is 4.64. The summed E-state index contributed by atoms with van der Waals surface area (Å²) < 4.78 is 12.9. The van der Waals surface area contributed by atoms with E-state index in [2.05, 4.69) is 42.0 Å². The molecule has 28 heavy (non-hydrogen) atoms. The van der Waals surface area contributed by atoms with Crippen molar-refractivity contribution in [1.82, 2.24) is 14.8 Å². The van der Waals surface area contributed by atoms with Gasteiger partial charge in [0.05, 0.1) is 36.9 Å². The number of ether oxygens (including phenoxy) is 2. The van der Waals surface area contributed by atoms with Crippen LogP contribution in [0.4, 0.5) is 11.5 Å². The van der Waals surface area contributed by atoms with Crippen molar-refractivity contribution in [3.63, 3.8) is 0 Å². The zero-order valence-corrected chi connectivity index (χ0v) is 17.2. The fourth-order valence-corrected chi connectivity index (χ4v) is 3.99. The average molecular weight is 386 g/mol. The van der Waals surface area contributed by atoms with Crippen LogP contribution in [0.2, 0.25) is 0 Å². The normalized spacial score (nSPS) is 18.9. The van der Waals surface area contributed by atoms with Crippen molar-refractivity contribution in [1.29, 1.82) is 0 Å². The third-order valence-corrected chi connectivity index (χ3v) is 5.67. The Hall–Kier alpha value is -2.12. The number of rotatable bonds is 5. The lowest BCUT2D eigenvalue weighted by Gasteiger charge is -2.32. The maximum absolute atomic E-state index is 5.53. The van der Waals surface area contributed by atoms with Gasteiger partial charge < -0.3 is 19.3 Å². The fraction of sp³-hybridized carbons (Fsp3) is 0.619. The molecule has 2 aromatic heterocycles. The van der Waals surface area contributed by atoms with Crippen molar-refractivity contribution in [3.05, 3.63) is 30.1 Å². The maximum Gasteiger partial charge on any atom is 0.155 e.